The van der Waals surface area contributed by atoms with E-state index in [1.807, 2.05) is 60.7 Å². The fourth-order valence-electron chi connectivity index (χ4n) is 2.68. The molecule has 0 aliphatic carbocycles. The van der Waals surface area contributed by atoms with Crippen molar-refractivity contribution in [3.8, 4) is 0 Å². The summed E-state index contributed by atoms with van der Waals surface area (Å²) in [6.07, 6.45) is 0. The second-order valence-electron chi connectivity index (χ2n) is 5.75. The number of para-hydroxylation sites is 2. The van der Waals surface area contributed by atoms with Crippen molar-refractivity contribution in [2.45, 2.75) is 6.04 Å². The van der Waals surface area contributed by atoms with Crippen LogP contribution in [0.2, 0.25) is 0 Å². The van der Waals surface area contributed by atoms with E-state index in [1.165, 1.54) is 6.07 Å². The molecule has 0 fully saturated rings. The number of hydrazine groups is 1. The molecule has 0 aliphatic rings. The van der Waals surface area contributed by atoms with Crippen molar-refractivity contribution in [1.29, 1.82) is 0 Å². The molecule has 0 radical (unpaired) electrons. The highest BCUT2D eigenvalue weighted by Gasteiger charge is 2.16. The molecule has 0 amide bonds. The van der Waals surface area contributed by atoms with Crippen molar-refractivity contribution >= 4 is 28.7 Å². The normalized spacial score (nSPS) is 10.3. The molecule has 3 N–H and O–H groups in total. The molecule has 0 heterocycles. The SMILES string of the molecule is O=[N+]([O-])c1ccccc1NNC(=S)NC(c1ccccc1)c1ccccc1. The summed E-state index contributed by atoms with van der Waals surface area (Å²) in [5, 5.41) is 14.7. The predicted octanol–water partition coefficient (Wildman–Crippen LogP) is 4.18. The van der Waals surface area contributed by atoms with Crippen molar-refractivity contribution in [2.75, 3.05) is 5.43 Å². The number of benzene rings is 3. The highest BCUT2D eigenvalue weighted by atomic mass is 32.1. The predicted molar refractivity (Wildman–Crippen MR) is 110 cm³/mol. The van der Waals surface area contributed by atoms with Gasteiger partial charge in [-0.3, -0.25) is 21.0 Å². The number of nitrogens with one attached hydrogen (secondary N) is 3. The third-order valence-corrected chi connectivity index (χ3v) is 4.17. The van der Waals surface area contributed by atoms with E-state index in [2.05, 4.69) is 16.2 Å². The second-order valence-corrected chi connectivity index (χ2v) is 6.16. The van der Waals surface area contributed by atoms with Crippen LogP contribution >= 0.6 is 12.2 Å². The number of hydrogen-bond acceptors (Lipinski definition) is 4. The Hall–Kier alpha value is -3.45. The van der Waals surface area contributed by atoms with Crippen LogP contribution in [0.5, 0.6) is 0 Å². The zero-order chi connectivity index (χ0) is 19.1. The first kappa shape index (κ1) is 18.3. The second kappa shape index (κ2) is 8.77. The van der Waals surface area contributed by atoms with Gasteiger partial charge >= 0.3 is 0 Å². The molecule has 6 nitrogen and oxygen atoms in total. The van der Waals surface area contributed by atoms with Crippen LogP contribution in [0.25, 0.3) is 0 Å². The minimum atomic E-state index is -0.447. The molecule has 0 saturated carbocycles. The maximum absolute atomic E-state index is 11.1. The number of nitro benzene ring substituents is 1. The molecule has 136 valence electrons. The molecule has 0 aliphatic heterocycles. The maximum Gasteiger partial charge on any atom is 0.294 e. The van der Waals surface area contributed by atoms with E-state index in [-0.39, 0.29) is 11.7 Å². The van der Waals surface area contributed by atoms with Gasteiger partial charge in [0, 0.05) is 6.07 Å². The van der Waals surface area contributed by atoms with Crippen molar-refractivity contribution in [1.82, 2.24) is 10.7 Å². The molecule has 0 aromatic heterocycles. The lowest BCUT2D eigenvalue weighted by Gasteiger charge is -2.22. The Morgan fingerprint density at radius 1 is 0.852 bits per heavy atom. The zero-order valence-electron chi connectivity index (χ0n) is 14.3. The minimum Gasteiger partial charge on any atom is -0.350 e. The van der Waals surface area contributed by atoms with Crippen LogP contribution in [-0.4, -0.2) is 10.0 Å². The fraction of sp³-hybridized carbons (Fsp3) is 0.0500. The van der Waals surface area contributed by atoms with Crippen LogP contribution in [0.15, 0.2) is 84.9 Å². The fourth-order valence-corrected chi connectivity index (χ4v) is 2.85. The van der Waals surface area contributed by atoms with Gasteiger partial charge < -0.3 is 5.32 Å². The highest BCUT2D eigenvalue weighted by Crippen LogP contribution is 2.23. The van der Waals surface area contributed by atoms with Crippen LogP contribution in [0.4, 0.5) is 11.4 Å². The van der Waals surface area contributed by atoms with Crippen molar-refractivity contribution < 1.29 is 4.92 Å². The van der Waals surface area contributed by atoms with Crippen molar-refractivity contribution in [2.24, 2.45) is 0 Å². The van der Waals surface area contributed by atoms with Gasteiger partial charge in [-0.2, -0.15) is 0 Å². The lowest BCUT2D eigenvalue weighted by molar-refractivity contribution is -0.384. The molecule has 0 unspecified atom stereocenters. The van der Waals surface area contributed by atoms with Crippen LogP contribution < -0.4 is 16.2 Å². The van der Waals surface area contributed by atoms with Gasteiger partial charge in [-0.1, -0.05) is 72.8 Å². The largest absolute Gasteiger partial charge is 0.350 e. The molecule has 3 rings (SSSR count). The number of rotatable bonds is 6. The van der Waals surface area contributed by atoms with Crippen LogP contribution in [0, 0.1) is 10.1 Å². The molecule has 0 bridgehead atoms. The molecule has 7 heteroatoms. The summed E-state index contributed by atoms with van der Waals surface area (Å²) in [4.78, 5) is 10.7. The number of anilines is 1. The van der Waals surface area contributed by atoms with E-state index in [4.69, 9.17) is 12.2 Å². The quantitative estimate of drug-likeness (QED) is 0.339. The first-order valence-corrected chi connectivity index (χ1v) is 8.72. The Kier molecular flexibility index (Phi) is 5.96. The zero-order valence-corrected chi connectivity index (χ0v) is 15.1. The summed E-state index contributed by atoms with van der Waals surface area (Å²) in [5.74, 6) is 0. The van der Waals surface area contributed by atoms with Gasteiger partial charge in [0.15, 0.2) is 5.11 Å². The maximum atomic E-state index is 11.1. The molecular formula is C20H18N4O2S. The Balaban J connectivity index is 1.73. The van der Waals surface area contributed by atoms with E-state index < -0.39 is 4.92 Å². The number of thiocarbonyl (C=S) groups is 1. The van der Waals surface area contributed by atoms with Gasteiger partial charge in [0.25, 0.3) is 5.69 Å². The van der Waals surface area contributed by atoms with E-state index in [0.717, 1.165) is 11.1 Å². The third kappa shape index (κ3) is 4.80. The smallest absolute Gasteiger partial charge is 0.294 e. The summed E-state index contributed by atoms with van der Waals surface area (Å²) >= 11 is 5.38. The first-order chi connectivity index (χ1) is 13.1. The van der Waals surface area contributed by atoms with Gasteiger partial charge in [-0.25, -0.2) is 0 Å². The molecule has 0 spiro atoms. The Morgan fingerprint density at radius 3 is 1.93 bits per heavy atom. The molecule has 0 saturated heterocycles. The molecule has 0 atom stereocenters. The lowest BCUT2D eigenvalue weighted by atomic mass is 9.99. The first-order valence-electron chi connectivity index (χ1n) is 8.31. The van der Waals surface area contributed by atoms with Gasteiger partial charge in [0.1, 0.15) is 5.69 Å². The summed E-state index contributed by atoms with van der Waals surface area (Å²) in [5.41, 5.74) is 8.05. The summed E-state index contributed by atoms with van der Waals surface area (Å²) in [7, 11) is 0. The van der Waals surface area contributed by atoms with E-state index >= 15 is 0 Å². The van der Waals surface area contributed by atoms with Crippen LogP contribution in [0.1, 0.15) is 17.2 Å². The Morgan fingerprint density at radius 2 is 1.37 bits per heavy atom. The third-order valence-electron chi connectivity index (χ3n) is 3.95. The molecular weight excluding hydrogens is 360 g/mol. The lowest BCUT2D eigenvalue weighted by Crippen LogP contribution is -2.41. The Labute approximate surface area is 162 Å². The van der Waals surface area contributed by atoms with Gasteiger partial charge in [-0.15, -0.1) is 0 Å². The summed E-state index contributed by atoms with van der Waals surface area (Å²) in [6, 6.07) is 26.1. The van der Waals surface area contributed by atoms with Gasteiger partial charge in [-0.05, 0) is 29.4 Å². The Bertz CT molecular complexity index is 880. The number of nitro groups is 1. The number of hydrogen-bond donors (Lipinski definition) is 3. The average molecular weight is 378 g/mol. The molecule has 27 heavy (non-hydrogen) atoms. The average Bonchev–Trinajstić information content (AvgIpc) is 2.72. The molecule has 3 aromatic carbocycles. The van der Waals surface area contributed by atoms with E-state index in [1.54, 1.807) is 18.2 Å². The monoisotopic (exact) mass is 378 g/mol. The van der Waals surface area contributed by atoms with E-state index in [9.17, 15) is 10.1 Å². The van der Waals surface area contributed by atoms with Gasteiger partial charge in [0.05, 0.1) is 11.0 Å². The highest BCUT2D eigenvalue weighted by molar-refractivity contribution is 7.80. The van der Waals surface area contributed by atoms with E-state index in [0.29, 0.717) is 10.8 Å². The van der Waals surface area contributed by atoms with Gasteiger partial charge in [0.2, 0.25) is 0 Å². The topological polar surface area (TPSA) is 79.2 Å². The summed E-state index contributed by atoms with van der Waals surface area (Å²) < 4.78 is 0. The standard InChI is InChI=1S/C20H18N4O2S/c25-24(26)18-14-8-7-13-17(18)22-23-20(27)21-19(15-9-3-1-4-10-15)16-11-5-2-6-12-16/h1-14,19,22H,(H2,21,23,27). The van der Waals surface area contributed by atoms with Crippen molar-refractivity contribution in [3.05, 3.63) is 106 Å². The van der Waals surface area contributed by atoms with Crippen molar-refractivity contribution in [3.63, 3.8) is 0 Å². The number of nitrogens with zero attached hydrogens (tertiary/aromatic N) is 1. The van der Waals surface area contributed by atoms with Crippen LogP contribution in [-0.2, 0) is 0 Å². The molecule has 3 aromatic rings. The van der Waals surface area contributed by atoms with Crippen LogP contribution in [0.3, 0.4) is 0 Å². The minimum absolute atomic E-state index is 0.0320. The summed E-state index contributed by atoms with van der Waals surface area (Å²) in [6.45, 7) is 0.